The first-order valence-electron chi connectivity index (χ1n) is 9.16. The quantitative estimate of drug-likeness (QED) is 0.837. The maximum absolute atomic E-state index is 12.6. The van der Waals surface area contributed by atoms with Crippen molar-refractivity contribution in [2.75, 3.05) is 47.9 Å². The van der Waals surface area contributed by atoms with Crippen LogP contribution in [0.25, 0.3) is 0 Å². The van der Waals surface area contributed by atoms with Crippen molar-refractivity contribution in [3.8, 4) is 0 Å². The van der Waals surface area contributed by atoms with Crippen molar-refractivity contribution in [1.29, 1.82) is 0 Å². The molecule has 132 valence electrons. The molecule has 3 rings (SSSR count). The van der Waals surface area contributed by atoms with E-state index in [4.69, 9.17) is 0 Å². The zero-order valence-electron chi connectivity index (χ0n) is 14.9. The Kier molecular flexibility index (Phi) is 5.93. The van der Waals surface area contributed by atoms with Crippen LogP contribution >= 0.6 is 11.8 Å². The van der Waals surface area contributed by atoms with Crippen LogP contribution in [0.15, 0.2) is 18.2 Å². The standard InChI is InChI=1S/C19H29N3OS/c1-3-8-22(14-16-4-5-16)19(23)20-18-7-6-17(13-15(18)2)21-9-11-24-12-10-21/h6-7,13,16H,3-5,8-12,14H2,1-2H3,(H,20,23). The molecule has 0 unspecified atom stereocenters. The number of benzene rings is 1. The van der Waals surface area contributed by atoms with Crippen molar-refractivity contribution in [1.82, 2.24) is 4.90 Å². The highest BCUT2D eigenvalue weighted by atomic mass is 32.2. The fourth-order valence-electron chi connectivity index (χ4n) is 3.16. The molecule has 1 N–H and O–H groups in total. The molecule has 2 aliphatic rings. The summed E-state index contributed by atoms with van der Waals surface area (Å²) in [5.74, 6) is 3.12. The fourth-order valence-corrected chi connectivity index (χ4v) is 4.06. The Morgan fingerprint density at radius 1 is 1.33 bits per heavy atom. The van der Waals surface area contributed by atoms with Crippen molar-refractivity contribution < 1.29 is 4.79 Å². The lowest BCUT2D eigenvalue weighted by Gasteiger charge is -2.29. The van der Waals surface area contributed by atoms with Crippen LogP contribution in [0.1, 0.15) is 31.7 Å². The summed E-state index contributed by atoms with van der Waals surface area (Å²) in [7, 11) is 0. The van der Waals surface area contributed by atoms with Gasteiger partial charge in [0.15, 0.2) is 0 Å². The number of carbonyl (C=O) groups excluding carboxylic acids is 1. The summed E-state index contributed by atoms with van der Waals surface area (Å²) in [6.45, 7) is 8.18. The first-order chi connectivity index (χ1) is 11.7. The van der Waals surface area contributed by atoms with Gasteiger partial charge in [0.1, 0.15) is 0 Å². The van der Waals surface area contributed by atoms with E-state index in [1.54, 1.807) is 0 Å². The third-order valence-electron chi connectivity index (χ3n) is 4.78. The Hall–Kier alpha value is -1.36. The molecule has 1 aliphatic carbocycles. The van der Waals surface area contributed by atoms with Gasteiger partial charge in [-0.05, 0) is 55.9 Å². The van der Waals surface area contributed by atoms with Gasteiger partial charge in [0.05, 0.1) is 0 Å². The van der Waals surface area contributed by atoms with Gasteiger partial charge in [-0.3, -0.25) is 0 Å². The molecule has 1 heterocycles. The molecule has 1 aliphatic heterocycles. The van der Waals surface area contributed by atoms with E-state index >= 15 is 0 Å². The van der Waals surface area contributed by atoms with Crippen LogP contribution < -0.4 is 10.2 Å². The normalized spacial score (nSPS) is 17.7. The number of amides is 2. The Morgan fingerprint density at radius 2 is 2.08 bits per heavy atom. The number of nitrogens with zero attached hydrogens (tertiary/aromatic N) is 2. The molecule has 0 radical (unpaired) electrons. The van der Waals surface area contributed by atoms with Gasteiger partial charge < -0.3 is 15.1 Å². The van der Waals surface area contributed by atoms with Crippen LogP contribution in [0.5, 0.6) is 0 Å². The molecule has 0 aromatic heterocycles. The topological polar surface area (TPSA) is 35.6 Å². The Morgan fingerprint density at radius 3 is 2.71 bits per heavy atom. The van der Waals surface area contributed by atoms with Crippen LogP contribution in [0.2, 0.25) is 0 Å². The smallest absolute Gasteiger partial charge is 0.321 e. The molecular weight excluding hydrogens is 318 g/mol. The highest BCUT2D eigenvalue weighted by Gasteiger charge is 2.26. The molecule has 4 nitrogen and oxygen atoms in total. The van der Waals surface area contributed by atoms with Crippen LogP contribution in [0, 0.1) is 12.8 Å². The van der Waals surface area contributed by atoms with Crippen LogP contribution in [-0.4, -0.2) is 48.6 Å². The van der Waals surface area contributed by atoms with Crippen LogP contribution in [0.4, 0.5) is 16.2 Å². The third-order valence-corrected chi connectivity index (χ3v) is 5.73. The first-order valence-corrected chi connectivity index (χ1v) is 10.3. The third kappa shape index (κ3) is 4.59. The Labute approximate surface area is 150 Å². The summed E-state index contributed by atoms with van der Waals surface area (Å²) >= 11 is 2.02. The minimum absolute atomic E-state index is 0.0500. The maximum atomic E-state index is 12.6. The van der Waals surface area contributed by atoms with Crippen LogP contribution in [-0.2, 0) is 0 Å². The van der Waals surface area contributed by atoms with E-state index in [9.17, 15) is 4.79 Å². The predicted molar refractivity (Wildman–Crippen MR) is 104 cm³/mol. The average molecular weight is 348 g/mol. The largest absolute Gasteiger partial charge is 0.370 e. The molecular formula is C19H29N3OS. The van der Waals surface area contributed by atoms with E-state index in [1.165, 1.54) is 30.0 Å². The number of anilines is 2. The van der Waals surface area contributed by atoms with Gasteiger partial charge in [0.25, 0.3) is 0 Å². The molecule has 5 heteroatoms. The molecule has 0 bridgehead atoms. The monoisotopic (exact) mass is 347 g/mol. The van der Waals surface area contributed by atoms with E-state index in [-0.39, 0.29) is 6.03 Å². The summed E-state index contributed by atoms with van der Waals surface area (Å²) in [4.78, 5) is 17.0. The Bertz CT molecular complexity index is 568. The molecule has 24 heavy (non-hydrogen) atoms. The SMILES string of the molecule is CCCN(CC1CC1)C(=O)Nc1ccc(N2CCSCC2)cc1C. The second kappa shape index (κ2) is 8.15. The van der Waals surface area contributed by atoms with Gasteiger partial charge in [-0.15, -0.1) is 0 Å². The van der Waals surface area contributed by atoms with E-state index in [1.807, 2.05) is 16.7 Å². The molecule has 1 saturated heterocycles. The fraction of sp³-hybridized carbons (Fsp3) is 0.632. The molecule has 0 atom stereocenters. The van der Waals surface area contributed by atoms with Gasteiger partial charge in [-0.2, -0.15) is 11.8 Å². The lowest BCUT2D eigenvalue weighted by atomic mass is 10.1. The minimum Gasteiger partial charge on any atom is -0.370 e. The second-order valence-corrected chi connectivity index (χ2v) is 8.14. The van der Waals surface area contributed by atoms with Gasteiger partial charge in [0.2, 0.25) is 0 Å². The number of hydrogen-bond acceptors (Lipinski definition) is 3. The lowest BCUT2D eigenvalue weighted by Crippen LogP contribution is -2.37. The molecule has 1 aromatic carbocycles. The summed E-state index contributed by atoms with van der Waals surface area (Å²) in [5.41, 5.74) is 3.35. The van der Waals surface area contributed by atoms with E-state index in [0.717, 1.165) is 49.8 Å². The van der Waals surface area contributed by atoms with Gasteiger partial charge in [-0.1, -0.05) is 6.92 Å². The average Bonchev–Trinajstić information content (AvgIpc) is 3.41. The van der Waals surface area contributed by atoms with E-state index < -0.39 is 0 Å². The van der Waals surface area contributed by atoms with Gasteiger partial charge >= 0.3 is 6.03 Å². The highest BCUT2D eigenvalue weighted by Crippen LogP contribution is 2.30. The molecule has 1 aromatic rings. The number of rotatable bonds is 6. The summed E-state index contributed by atoms with van der Waals surface area (Å²) in [5, 5.41) is 3.12. The number of thioether (sulfide) groups is 1. The number of aryl methyl sites for hydroxylation is 1. The summed E-state index contributed by atoms with van der Waals surface area (Å²) in [6, 6.07) is 6.46. The molecule has 2 amide bonds. The van der Waals surface area contributed by atoms with E-state index in [2.05, 4.69) is 42.3 Å². The number of urea groups is 1. The molecule has 0 spiro atoms. The zero-order valence-corrected chi connectivity index (χ0v) is 15.7. The number of nitrogens with one attached hydrogen (secondary N) is 1. The number of hydrogen-bond donors (Lipinski definition) is 1. The Balaban J connectivity index is 1.63. The van der Waals surface area contributed by atoms with Crippen molar-refractivity contribution in [2.24, 2.45) is 5.92 Å². The van der Waals surface area contributed by atoms with Crippen molar-refractivity contribution in [3.05, 3.63) is 23.8 Å². The zero-order chi connectivity index (χ0) is 16.9. The van der Waals surface area contributed by atoms with Crippen molar-refractivity contribution in [3.63, 3.8) is 0 Å². The predicted octanol–water partition coefficient (Wildman–Crippen LogP) is 4.20. The summed E-state index contributed by atoms with van der Waals surface area (Å²) in [6.07, 6.45) is 3.55. The molecule has 2 fully saturated rings. The molecule has 1 saturated carbocycles. The highest BCUT2D eigenvalue weighted by molar-refractivity contribution is 7.99. The lowest BCUT2D eigenvalue weighted by molar-refractivity contribution is 0.209. The second-order valence-electron chi connectivity index (χ2n) is 6.92. The van der Waals surface area contributed by atoms with E-state index in [0.29, 0.717) is 0 Å². The van der Waals surface area contributed by atoms with Crippen molar-refractivity contribution in [2.45, 2.75) is 33.1 Å². The van der Waals surface area contributed by atoms with Gasteiger partial charge in [-0.25, -0.2) is 4.79 Å². The summed E-state index contributed by atoms with van der Waals surface area (Å²) < 4.78 is 0. The van der Waals surface area contributed by atoms with Crippen LogP contribution in [0.3, 0.4) is 0 Å². The van der Waals surface area contributed by atoms with Gasteiger partial charge in [0, 0.05) is 49.1 Å². The minimum atomic E-state index is 0.0500. The maximum Gasteiger partial charge on any atom is 0.321 e. The number of carbonyl (C=O) groups is 1. The van der Waals surface area contributed by atoms with Crippen molar-refractivity contribution >= 4 is 29.2 Å². The first kappa shape index (κ1) is 17.5.